The summed E-state index contributed by atoms with van der Waals surface area (Å²) >= 11 is 0. The molecule has 0 radical (unpaired) electrons. The molecule has 1 saturated carbocycles. The van der Waals surface area contributed by atoms with Crippen LogP contribution in [0.5, 0.6) is 0 Å². The zero-order valence-corrected chi connectivity index (χ0v) is 11.0. The van der Waals surface area contributed by atoms with Crippen LogP contribution in [0.2, 0.25) is 0 Å². The highest BCUT2D eigenvalue weighted by Crippen LogP contribution is 2.20. The predicted molar refractivity (Wildman–Crippen MR) is 74.3 cm³/mol. The van der Waals surface area contributed by atoms with Crippen molar-refractivity contribution in [1.82, 2.24) is 10.4 Å². The van der Waals surface area contributed by atoms with Gasteiger partial charge >= 0.3 is 0 Å². The van der Waals surface area contributed by atoms with Gasteiger partial charge in [-0.15, -0.1) is 0 Å². The molecule has 1 aliphatic carbocycles. The normalized spacial score (nSPS) is 18.4. The lowest BCUT2D eigenvalue weighted by atomic mass is 10.1. The molecule has 0 saturated heterocycles. The Hall–Kier alpha value is -1.42. The van der Waals surface area contributed by atoms with Crippen molar-refractivity contribution in [1.29, 1.82) is 0 Å². The maximum absolute atomic E-state index is 5.59. The largest absolute Gasteiger partial charge is 0.308 e. The van der Waals surface area contributed by atoms with E-state index in [1.54, 1.807) is 0 Å². The number of rotatable bonds is 2. The number of amidine groups is 1. The van der Waals surface area contributed by atoms with Crippen molar-refractivity contribution in [3.63, 3.8) is 0 Å². The van der Waals surface area contributed by atoms with Gasteiger partial charge in [-0.2, -0.15) is 0 Å². The van der Waals surface area contributed by atoms with Crippen LogP contribution < -0.4 is 11.3 Å². The molecule has 18 heavy (non-hydrogen) atoms. The standard InChI is InChI=1S/C14H22N4/c1-11-8-9-12(10-16-11)14(18-15)17-13-6-4-2-3-5-7-13/h8-10,13H,2-7,15H2,1H3,(H,17,18). The van der Waals surface area contributed by atoms with Gasteiger partial charge in [-0.1, -0.05) is 25.7 Å². The average Bonchev–Trinajstić information content (AvgIpc) is 2.66. The van der Waals surface area contributed by atoms with Crippen LogP contribution in [0, 0.1) is 6.92 Å². The minimum absolute atomic E-state index is 0.403. The Kier molecular flexibility index (Phi) is 4.70. The van der Waals surface area contributed by atoms with E-state index >= 15 is 0 Å². The molecule has 0 aliphatic heterocycles. The Bertz CT molecular complexity index is 389. The third kappa shape index (κ3) is 3.53. The number of aliphatic imine (C=N–C) groups is 1. The quantitative estimate of drug-likeness (QED) is 0.277. The van der Waals surface area contributed by atoms with Crippen molar-refractivity contribution in [2.75, 3.05) is 0 Å². The fourth-order valence-corrected chi connectivity index (χ4v) is 2.37. The molecule has 2 rings (SSSR count). The summed E-state index contributed by atoms with van der Waals surface area (Å²) in [5.41, 5.74) is 4.68. The average molecular weight is 246 g/mol. The molecule has 4 nitrogen and oxygen atoms in total. The predicted octanol–water partition coefficient (Wildman–Crippen LogP) is 2.32. The Morgan fingerprint density at radius 3 is 2.56 bits per heavy atom. The van der Waals surface area contributed by atoms with Gasteiger partial charge in [-0.05, 0) is 31.9 Å². The highest BCUT2D eigenvalue weighted by Gasteiger charge is 2.12. The second kappa shape index (κ2) is 6.50. The number of nitrogens with one attached hydrogen (secondary N) is 1. The molecule has 1 aromatic rings. The summed E-state index contributed by atoms with van der Waals surface area (Å²) < 4.78 is 0. The maximum Gasteiger partial charge on any atom is 0.144 e. The van der Waals surface area contributed by atoms with E-state index in [1.165, 1.54) is 38.5 Å². The summed E-state index contributed by atoms with van der Waals surface area (Å²) in [7, 11) is 0. The van der Waals surface area contributed by atoms with E-state index in [9.17, 15) is 0 Å². The van der Waals surface area contributed by atoms with Crippen LogP contribution in [0.25, 0.3) is 0 Å². The molecule has 0 amide bonds. The summed E-state index contributed by atoms with van der Waals surface area (Å²) in [6.07, 6.45) is 9.39. The summed E-state index contributed by atoms with van der Waals surface area (Å²) in [5, 5.41) is 0. The zero-order valence-electron chi connectivity index (χ0n) is 11.0. The van der Waals surface area contributed by atoms with Gasteiger partial charge in [-0.3, -0.25) is 9.98 Å². The molecular formula is C14H22N4. The van der Waals surface area contributed by atoms with Crippen molar-refractivity contribution in [2.24, 2.45) is 10.8 Å². The van der Waals surface area contributed by atoms with Gasteiger partial charge in [-0.25, -0.2) is 5.84 Å². The molecule has 1 heterocycles. The first-order valence-electron chi connectivity index (χ1n) is 6.77. The van der Waals surface area contributed by atoms with E-state index < -0.39 is 0 Å². The first kappa shape index (κ1) is 13.0. The molecule has 0 bridgehead atoms. The van der Waals surface area contributed by atoms with E-state index in [-0.39, 0.29) is 0 Å². The molecule has 1 aromatic heterocycles. The first-order valence-corrected chi connectivity index (χ1v) is 6.77. The molecular weight excluding hydrogens is 224 g/mol. The number of aryl methyl sites for hydroxylation is 1. The molecule has 98 valence electrons. The Balaban J connectivity index is 2.13. The van der Waals surface area contributed by atoms with Crippen molar-refractivity contribution in [2.45, 2.75) is 51.5 Å². The lowest BCUT2D eigenvalue weighted by molar-refractivity contribution is 0.583. The topological polar surface area (TPSA) is 63.3 Å². The molecule has 0 atom stereocenters. The van der Waals surface area contributed by atoms with Crippen molar-refractivity contribution in [3.8, 4) is 0 Å². The van der Waals surface area contributed by atoms with E-state index in [0.29, 0.717) is 6.04 Å². The highest BCUT2D eigenvalue weighted by molar-refractivity contribution is 5.98. The summed E-state index contributed by atoms with van der Waals surface area (Å²) in [4.78, 5) is 9.04. The number of hydrogen-bond acceptors (Lipinski definition) is 3. The SMILES string of the molecule is Cc1ccc(C(=NC2CCCCCC2)NN)cn1. The molecule has 0 spiro atoms. The number of nitrogens with zero attached hydrogens (tertiary/aromatic N) is 2. The van der Waals surface area contributed by atoms with Crippen molar-refractivity contribution >= 4 is 5.84 Å². The molecule has 1 aliphatic rings. The van der Waals surface area contributed by atoms with Crippen LogP contribution in [-0.4, -0.2) is 16.9 Å². The smallest absolute Gasteiger partial charge is 0.144 e. The molecule has 0 aromatic carbocycles. The summed E-state index contributed by atoms with van der Waals surface area (Å²) in [5.74, 6) is 6.35. The van der Waals surface area contributed by atoms with Crippen LogP contribution in [-0.2, 0) is 0 Å². The number of nitrogens with two attached hydrogens (primary N) is 1. The minimum Gasteiger partial charge on any atom is -0.308 e. The maximum atomic E-state index is 5.59. The highest BCUT2D eigenvalue weighted by atomic mass is 15.3. The monoisotopic (exact) mass is 246 g/mol. The zero-order chi connectivity index (χ0) is 12.8. The molecule has 1 fully saturated rings. The van der Waals surface area contributed by atoms with E-state index in [4.69, 9.17) is 10.8 Å². The molecule has 4 heteroatoms. The lowest BCUT2D eigenvalue weighted by Crippen LogP contribution is -2.32. The van der Waals surface area contributed by atoms with Gasteiger partial charge in [0.25, 0.3) is 0 Å². The summed E-state index contributed by atoms with van der Waals surface area (Å²) in [6.45, 7) is 1.97. The second-order valence-electron chi connectivity index (χ2n) is 4.96. The Morgan fingerprint density at radius 2 is 2.00 bits per heavy atom. The van der Waals surface area contributed by atoms with Crippen LogP contribution in [0.15, 0.2) is 23.3 Å². The Morgan fingerprint density at radius 1 is 1.28 bits per heavy atom. The van der Waals surface area contributed by atoms with Crippen LogP contribution in [0.4, 0.5) is 0 Å². The third-order valence-electron chi connectivity index (χ3n) is 3.46. The number of hydrogen-bond donors (Lipinski definition) is 2. The number of pyridine rings is 1. The Labute approximate surface area is 109 Å². The van der Waals surface area contributed by atoms with Crippen molar-refractivity contribution < 1.29 is 0 Å². The van der Waals surface area contributed by atoms with Crippen LogP contribution >= 0.6 is 0 Å². The lowest BCUT2D eigenvalue weighted by Gasteiger charge is -2.12. The van der Waals surface area contributed by atoms with Crippen LogP contribution in [0.1, 0.15) is 49.8 Å². The number of hydrazine groups is 1. The van der Waals surface area contributed by atoms with Crippen molar-refractivity contribution in [3.05, 3.63) is 29.6 Å². The first-order chi connectivity index (χ1) is 8.79. The van der Waals surface area contributed by atoms with Gasteiger partial charge in [0.15, 0.2) is 0 Å². The van der Waals surface area contributed by atoms with Gasteiger partial charge < -0.3 is 5.43 Å². The van der Waals surface area contributed by atoms with Gasteiger partial charge in [0.05, 0.1) is 6.04 Å². The number of aromatic nitrogens is 1. The fraction of sp³-hybridized carbons (Fsp3) is 0.571. The van der Waals surface area contributed by atoms with E-state index in [2.05, 4.69) is 10.4 Å². The van der Waals surface area contributed by atoms with E-state index in [1.807, 2.05) is 25.3 Å². The van der Waals surface area contributed by atoms with Gasteiger partial charge in [0.1, 0.15) is 5.84 Å². The van der Waals surface area contributed by atoms with E-state index in [0.717, 1.165) is 17.1 Å². The van der Waals surface area contributed by atoms with Crippen LogP contribution in [0.3, 0.4) is 0 Å². The second-order valence-corrected chi connectivity index (χ2v) is 4.96. The molecule has 3 N–H and O–H groups in total. The van der Waals surface area contributed by atoms with Gasteiger partial charge in [0, 0.05) is 17.5 Å². The fourth-order valence-electron chi connectivity index (χ4n) is 2.37. The summed E-state index contributed by atoms with van der Waals surface area (Å²) in [6, 6.07) is 4.40. The minimum atomic E-state index is 0.403. The third-order valence-corrected chi connectivity index (χ3v) is 3.46. The molecule has 0 unspecified atom stereocenters. The van der Waals surface area contributed by atoms with Gasteiger partial charge in [0.2, 0.25) is 0 Å².